The van der Waals surface area contributed by atoms with Crippen LogP contribution in [0.25, 0.3) is 93.6 Å². The molecular formula is C66H45N3Si. The Balaban J connectivity index is 0.973. The molecule has 0 spiro atoms. The van der Waals surface area contributed by atoms with E-state index >= 15 is 0 Å². The summed E-state index contributed by atoms with van der Waals surface area (Å²) in [6.45, 7) is 0. The fraction of sp³-hybridized carbons (Fsp3) is 0. The van der Waals surface area contributed by atoms with Gasteiger partial charge in [0.1, 0.15) is 0 Å². The molecule has 3 heterocycles. The zero-order valence-corrected chi connectivity index (χ0v) is 39.3. The number of para-hydroxylation sites is 3. The van der Waals surface area contributed by atoms with E-state index in [-0.39, 0.29) is 0 Å². The highest BCUT2D eigenvalue weighted by Crippen LogP contribution is 2.42. The van der Waals surface area contributed by atoms with Crippen LogP contribution in [0.2, 0.25) is 0 Å². The predicted molar refractivity (Wildman–Crippen MR) is 299 cm³/mol. The Morgan fingerprint density at radius 3 is 1.30 bits per heavy atom. The lowest BCUT2D eigenvalue weighted by Gasteiger charge is -2.34. The van der Waals surface area contributed by atoms with E-state index in [0.717, 1.165) is 17.1 Å². The zero-order valence-electron chi connectivity index (χ0n) is 38.3. The number of fused-ring (bicyclic) bond motifs is 9. The molecule has 3 nitrogen and oxygen atoms in total. The molecule has 0 amide bonds. The Hall–Kier alpha value is -8.96. The van der Waals surface area contributed by atoms with E-state index < -0.39 is 8.07 Å². The Bertz CT molecular complexity index is 4170. The molecule has 3 aromatic heterocycles. The maximum atomic E-state index is 2.51. The first kappa shape index (κ1) is 40.1. The molecule has 0 radical (unpaired) electrons. The van der Waals surface area contributed by atoms with Gasteiger partial charge >= 0.3 is 0 Å². The van der Waals surface area contributed by atoms with Crippen LogP contribution in [-0.4, -0.2) is 21.8 Å². The smallest absolute Gasteiger partial charge is 0.179 e. The average molecular weight is 908 g/mol. The van der Waals surface area contributed by atoms with Crippen LogP contribution >= 0.6 is 0 Å². The summed E-state index contributed by atoms with van der Waals surface area (Å²) in [6.07, 6.45) is 0. The van der Waals surface area contributed by atoms with Crippen molar-refractivity contribution in [1.29, 1.82) is 0 Å². The molecule has 14 rings (SSSR count). The molecule has 0 unspecified atom stereocenters. The van der Waals surface area contributed by atoms with Gasteiger partial charge in [-0.2, -0.15) is 0 Å². The summed E-state index contributed by atoms with van der Waals surface area (Å²) in [5, 5.41) is 12.8. The SMILES string of the molecule is c1ccc(-c2ccc3c(c2)c2ccccc2n3-c2ccc3c4ccccc4n(-c4cccc5c4c4ccccc4n5-c4ccc([Si](c5ccccc5)(c5ccccc5)c5ccccc5)cc4)c3c2)cc1. The van der Waals surface area contributed by atoms with E-state index in [1.54, 1.807) is 0 Å². The normalized spacial score (nSPS) is 12.0. The lowest BCUT2D eigenvalue weighted by atomic mass is 10.0. The third kappa shape index (κ3) is 6.00. The van der Waals surface area contributed by atoms with Crippen molar-refractivity contribution in [2.45, 2.75) is 0 Å². The Kier molecular flexibility index (Phi) is 9.23. The van der Waals surface area contributed by atoms with Gasteiger partial charge in [0.15, 0.2) is 8.07 Å². The highest BCUT2D eigenvalue weighted by Gasteiger charge is 2.41. The molecule has 0 N–H and O–H groups in total. The second-order valence-corrected chi connectivity index (χ2v) is 22.2. The minimum Gasteiger partial charge on any atom is -0.309 e. The maximum absolute atomic E-state index is 2.70. The number of aromatic nitrogens is 3. The van der Waals surface area contributed by atoms with Crippen LogP contribution in [0, 0.1) is 0 Å². The highest BCUT2D eigenvalue weighted by molar-refractivity contribution is 7.19. The number of rotatable bonds is 8. The second kappa shape index (κ2) is 16.1. The number of nitrogens with zero attached hydrogens (tertiary/aromatic N) is 3. The average Bonchev–Trinajstić information content (AvgIpc) is 4.08. The first-order chi connectivity index (χ1) is 34.8. The molecule has 0 aliphatic heterocycles. The molecule has 70 heavy (non-hydrogen) atoms. The van der Waals surface area contributed by atoms with Crippen molar-refractivity contribution >= 4 is 94.2 Å². The first-order valence-corrected chi connectivity index (χ1v) is 26.2. The molecular weight excluding hydrogens is 863 g/mol. The summed E-state index contributed by atoms with van der Waals surface area (Å²) in [4.78, 5) is 0. The van der Waals surface area contributed by atoms with Gasteiger partial charge in [-0.15, -0.1) is 0 Å². The van der Waals surface area contributed by atoms with Crippen molar-refractivity contribution in [3.05, 3.63) is 273 Å². The molecule has 0 fully saturated rings. The van der Waals surface area contributed by atoms with Crippen LogP contribution in [0.4, 0.5) is 0 Å². The van der Waals surface area contributed by atoms with Crippen molar-refractivity contribution in [3.63, 3.8) is 0 Å². The standard InChI is InChI=1S/C66H45N3Si/c1-5-20-46(21-6-1)47-36-43-62-58(44-47)55-29-14-16-31-59(55)68(62)49-39-42-56-54-28-13-17-32-60(54)69(65(56)45-49)64-35-19-34-63-66(64)57-30-15-18-33-61(57)67(63)48-37-40-53(41-38-48)70(50-22-7-2-8-23-50,51-24-9-3-10-25-51)52-26-11-4-12-27-52/h1-45H. The van der Waals surface area contributed by atoms with Gasteiger partial charge in [-0.05, 0) is 98.6 Å². The van der Waals surface area contributed by atoms with Crippen molar-refractivity contribution in [2.75, 3.05) is 0 Å². The van der Waals surface area contributed by atoms with Gasteiger partial charge in [0, 0.05) is 43.7 Å². The topological polar surface area (TPSA) is 14.8 Å². The third-order valence-corrected chi connectivity index (χ3v) is 19.6. The summed E-state index contributed by atoms with van der Waals surface area (Å²) >= 11 is 0. The maximum Gasteiger partial charge on any atom is 0.179 e. The van der Waals surface area contributed by atoms with E-state index in [1.165, 1.54) is 97.3 Å². The molecule has 0 saturated heterocycles. The molecule has 0 aliphatic carbocycles. The van der Waals surface area contributed by atoms with Crippen LogP contribution in [-0.2, 0) is 0 Å². The minimum absolute atomic E-state index is 1.13. The molecule has 11 aromatic carbocycles. The largest absolute Gasteiger partial charge is 0.309 e. The first-order valence-electron chi connectivity index (χ1n) is 24.2. The summed E-state index contributed by atoms with van der Waals surface area (Å²) in [5.74, 6) is 0. The third-order valence-electron chi connectivity index (χ3n) is 14.8. The van der Waals surface area contributed by atoms with Crippen LogP contribution in [0.15, 0.2) is 273 Å². The van der Waals surface area contributed by atoms with Crippen molar-refractivity contribution in [1.82, 2.24) is 13.7 Å². The molecule has 0 bridgehead atoms. The number of benzene rings is 11. The van der Waals surface area contributed by atoms with E-state index in [4.69, 9.17) is 0 Å². The van der Waals surface area contributed by atoms with Crippen molar-refractivity contribution in [3.8, 4) is 28.2 Å². The van der Waals surface area contributed by atoms with Gasteiger partial charge in [0.05, 0.1) is 38.8 Å². The van der Waals surface area contributed by atoms with E-state index in [2.05, 4.69) is 287 Å². The zero-order chi connectivity index (χ0) is 46.2. The van der Waals surface area contributed by atoms with Crippen LogP contribution in [0.1, 0.15) is 0 Å². The predicted octanol–water partition coefficient (Wildman–Crippen LogP) is 14.0. The summed E-state index contributed by atoms with van der Waals surface area (Å²) in [6, 6.07) is 101. The number of hydrogen-bond acceptors (Lipinski definition) is 0. The molecule has 0 aliphatic rings. The van der Waals surface area contributed by atoms with Crippen LogP contribution in [0.5, 0.6) is 0 Å². The minimum atomic E-state index is -2.70. The van der Waals surface area contributed by atoms with Crippen LogP contribution in [0.3, 0.4) is 0 Å². The molecule has 0 saturated carbocycles. The fourth-order valence-corrected chi connectivity index (χ4v) is 16.6. The summed E-state index contributed by atoms with van der Waals surface area (Å²) in [7, 11) is -2.70. The molecule has 328 valence electrons. The van der Waals surface area contributed by atoms with E-state index in [1.807, 2.05) is 0 Å². The van der Waals surface area contributed by atoms with Crippen LogP contribution < -0.4 is 20.7 Å². The highest BCUT2D eigenvalue weighted by atomic mass is 28.3. The Labute approximate surface area is 407 Å². The van der Waals surface area contributed by atoms with E-state index in [0.29, 0.717) is 0 Å². The monoisotopic (exact) mass is 907 g/mol. The summed E-state index contributed by atoms with van der Waals surface area (Å²) < 4.78 is 7.43. The quantitative estimate of drug-likeness (QED) is 0.107. The van der Waals surface area contributed by atoms with Gasteiger partial charge in [-0.1, -0.05) is 206 Å². The van der Waals surface area contributed by atoms with E-state index in [9.17, 15) is 0 Å². The molecule has 4 heteroatoms. The fourth-order valence-electron chi connectivity index (χ4n) is 11.8. The Morgan fingerprint density at radius 2 is 0.671 bits per heavy atom. The molecule has 14 aromatic rings. The second-order valence-electron chi connectivity index (χ2n) is 18.4. The number of hydrogen-bond donors (Lipinski definition) is 0. The summed E-state index contributed by atoms with van der Waals surface area (Å²) in [5.41, 5.74) is 12.9. The lowest BCUT2D eigenvalue weighted by Crippen LogP contribution is -2.74. The lowest BCUT2D eigenvalue weighted by molar-refractivity contribution is 1.16. The van der Waals surface area contributed by atoms with Crippen molar-refractivity contribution in [2.24, 2.45) is 0 Å². The van der Waals surface area contributed by atoms with Crippen molar-refractivity contribution < 1.29 is 0 Å². The molecule has 0 atom stereocenters. The van der Waals surface area contributed by atoms with Gasteiger partial charge in [0.2, 0.25) is 0 Å². The Morgan fingerprint density at radius 1 is 0.229 bits per heavy atom. The van der Waals surface area contributed by atoms with Gasteiger partial charge in [-0.3, -0.25) is 0 Å². The van der Waals surface area contributed by atoms with Gasteiger partial charge < -0.3 is 13.7 Å². The van der Waals surface area contributed by atoms with Gasteiger partial charge in [-0.25, -0.2) is 0 Å². The van der Waals surface area contributed by atoms with Gasteiger partial charge in [0.25, 0.3) is 0 Å².